The summed E-state index contributed by atoms with van der Waals surface area (Å²) in [7, 11) is 0. The van der Waals surface area contributed by atoms with Crippen LogP contribution in [0.5, 0.6) is 0 Å². The molecule has 88 valence electrons. The van der Waals surface area contributed by atoms with Gasteiger partial charge < -0.3 is 5.73 Å². The highest BCUT2D eigenvalue weighted by atomic mass is 127. The first-order valence-corrected chi connectivity index (χ1v) is 6.33. The van der Waals surface area contributed by atoms with Gasteiger partial charge in [-0.25, -0.2) is 9.66 Å². The molecule has 2 aromatic rings. The lowest BCUT2D eigenvalue weighted by Gasteiger charge is -1.98. The maximum absolute atomic E-state index is 6.02. The van der Waals surface area contributed by atoms with Crippen molar-refractivity contribution in [2.75, 3.05) is 5.73 Å². The Balaban J connectivity index is 2.26. The number of benzene rings is 1. The highest BCUT2D eigenvalue weighted by Gasteiger charge is 1.99. The van der Waals surface area contributed by atoms with Gasteiger partial charge in [0.15, 0.2) is 0 Å². The van der Waals surface area contributed by atoms with Gasteiger partial charge in [-0.3, -0.25) is 0 Å². The molecule has 0 radical (unpaired) electrons. The van der Waals surface area contributed by atoms with Crippen LogP contribution in [0, 0.1) is 10.5 Å². The predicted octanol–water partition coefficient (Wildman–Crippen LogP) is 2.91. The van der Waals surface area contributed by atoms with E-state index in [0.717, 1.165) is 14.8 Å². The molecule has 1 aromatic heterocycles. The SMILES string of the molecule is Cc1cn(N=Cc2ccc(I)c(Cl)c2)c(N)n1. The van der Waals surface area contributed by atoms with Crippen molar-refractivity contribution < 1.29 is 0 Å². The van der Waals surface area contributed by atoms with E-state index in [2.05, 4.69) is 32.7 Å². The zero-order valence-corrected chi connectivity index (χ0v) is 12.0. The van der Waals surface area contributed by atoms with Crippen molar-refractivity contribution in [2.45, 2.75) is 6.92 Å². The number of aromatic nitrogens is 2. The van der Waals surface area contributed by atoms with Gasteiger partial charge in [0.1, 0.15) is 0 Å². The Morgan fingerprint density at radius 2 is 2.29 bits per heavy atom. The van der Waals surface area contributed by atoms with Gasteiger partial charge in [-0.2, -0.15) is 5.10 Å². The molecule has 0 bridgehead atoms. The molecule has 2 N–H and O–H groups in total. The first kappa shape index (κ1) is 12.4. The maximum Gasteiger partial charge on any atom is 0.221 e. The van der Waals surface area contributed by atoms with E-state index in [1.165, 1.54) is 4.68 Å². The lowest BCUT2D eigenvalue weighted by molar-refractivity contribution is 0.897. The van der Waals surface area contributed by atoms with E-state index >= 15 is 0 Å². The zero-order chi connectivity index (χ0) is 12.4. The third kappa shape index (κ3) is 2.98. The standard InChI is InChI=1S/C11H10ClIN4/c1-7-6-17(11(14)16-7)15-5-8-2-3-10(13)9(12)4-8/h2-6H,1H3,(H2,14,16). The van der Waals surface area contributed by atoms with Crippen LogP contribution in [0.3, 0.4) is 0 Å². The highest BCUT2D eigenvalue weighted by Crippen LogP contribution is 2.18. The minimum absolute atomic E-state index is 0.371. The molecule has 0 atom stereocenters. The van der Waals surface area contributed by atoms with Gasteiger partial charge in [0.05, 0.1) is 23.1 Å². The van der Waals surface area contributed by atoms with Crippen molar-refractivity contribution in [3.8, 4) is 0 Å². The van der Waals surface area contributed by atoms with Crippen molar-refractivity contribution in [1.82, 2.24) is 9.66 Å². The van der Waals surface area contributed by atoms with Gasteiger partial charge in [-0.1, -0.05) is 17.7 Å². The summed E-state index contributed by atoms with van der Waals surface area (Å²) in [5, 5.41) is 4.92. The molecule has 1 heterocycles. The third-order valence-electron chi connectivity index (χ3n) is 2.11. The highest BCUT2D eigenvalue weighted by molar-refractivity contribution is 14.1. The Labute approximate surface area is 118 Å². The molecule has 17 heavy (non-hydrogen) atoms. The second kappa shape index (κ2) is 5.05. The number of hydrogen-bond donors (Lipinski definition) is 1. The second-order valence-electron chi connectivity index (χ2n) is 3.50. The molecule has 6 heteroatoms. The molecule has 0 aliphatic carbocycles. The fourth-order valence-electron chi connectivity index (χ4n) is 1.32. The largest absolute Gasteiger partial charge is 0.368 e. The van der Waals surface area contributed by atoms with Crippen LogP contribution in [-0.2, 0) is 0 Å². The second-order valence-corrected chi connectivity index (χ2v) is 5.07. The molecular weight excluding hydrogens is 351 g/mol. The van der Waals surface area contributed by atoms with E-state index in [9.17, 15) is 0 Å². The summed E-state index contributed by atoms with van der Waals surface area (Å²) in [6.07, 6.45) is 3.46. The first-order valence-electron chi connectivity index (χ1n) is 4.87. The molecule has 2 rings (SSSR count). The minimum atomic E-state index is 0.371. The Bertz CT molecular complexity index is 577. The zero-order valence-electron chi connectivity index (χ0n) is 9.06. The van der Waals surface area contributed by atoms with Crippen LogP contribution in [0.1, 0.15) is 11.3 Å². The monoisotopic (exact) mass is 360 g/mol. The molecule has 0 saturated heterocycles. The topological polar surface area (TPSA) is 56.2 Å². The van der Waals surface area contributed by atoms with E-state index in [-0.39, 0.29) is 0 Å². The van der Waals surface area contributed by atoms with Crippen LogP contribution < -0.4 is 5.73 Å². The van der Waals surface area contributed by atoms with E-state index < -0.39 is 0 Å². The maximum atomic E-state index is 6.02. The van der Waals surface area contributed by atoms with E-state index in [1.54, 1.807) is 12.4 Å². The molecule has 1 aromatic carbocycles. The Kier molecular flexibility index (Phi) is 3.68. The van der Waals surface area contributed by atoms with Gasteiger partial charge in [0.25, 0.3) is 0 Å². The lowest BCUT2D eigenvalue weighted by Crippen LogP contribution is -1.97. The molecule has 4 nitrogen and oxygen atoms in total. The van der Waals surface area contributed by atoms with Gasteiger partial charge in [-0.15, -0.1) is 0 Å². The first-order chi connectivity index (χ1) is 8.06. The summed E-state index contributed by atoms with van der Waals surface area (Å²) in [6, 6.07) is 5.73. The van der Waals surface area contributed by atoms with Crippen molar-refractivity contribution in [3.05, 3.63) is 44.2 Å². The normalized spacial score (nSPS) is 11.2. The van der Waals surface area contributed by atoms with Crippen molar-refractivity contribution >= 4 is 46.4 Å². The van der Waals surface area contributed by atoms with Gasteiger partial charge in [0, 0.05) is 3.57 Å². The summed E-state index contributed by atoms with van der Waals surface area (Å²) in [6.45, 7) is 1.87. The molecule has 0 unspecified atom stereocenters. The molecule has 0 amide bonds. The van der Waals surface area contributed by atoms with Crippen LogP contribution in [-0.4, -0.2) is 15.9 Å². The van der Waals surface area contributed by atoms with Crippen LogP contribution in [0.4, 0.5) is 5.95 Å². The van der Waals surface area contributed by atoms with Crippen molar-refractivity contribution in [1.29, 1.82) is 0 Å². The minimum Gasteiger partial charge on any atom is -0.368 e. The van der Waals surface area contributed by atoms with Crippen molar-refractivity contribution in [2.24, 2.45) is 5.10 Å². The third-order valence-corrected chi connectivity index (χ3v) is 3.68. The molecular formula is C11H10ClIN4. The van der Waals surface area contributed by atoms with Crippen LogP contribution in [0.15, 0.2) is 29.5 Å². The quantitative estimate of drug-likeness (QED) is 0.661. The van der Waals surface area contributed by atoms with Gasteiger partial charge >= 0.3 is 0 Å². The lowest BCUT2D eigenvalue weighted by atomic mass is 10.2. The Morgan fingerprint density at radius 3 is 2.88 bits per heavy atom. The fourth-order valence-corrected chi connectivity index (χ4v) is 1.84. The van der Waals surface area contributed by atoms with Crippen LogP contribution in [0.25, 0.3) is 0 Å². The number of hydrogen-bond acceptors (Lipinski definition) is 3. The Hall–Kier alpha value is -1.08. The summed E-state index contributed by atoms with van der Waals surface area (Å²) >= 11 is 8.20. The number of halogens is 2. The number of nitrogens with two attached hydrogens (primary N) is 1. The number of nitrogens with zero attached hydrogens (tertiary/aromatic N) is 3. The smallest absolute Gasteiger partial charge is 0.221 e. The number of rotatable bonds is 2. The summed E-state index contributed by atoms with van der Waals surface area (Å²) < 4.78 is 2.54. The fraction of sp³-hybridized carbons (Fsp3) is 0.0909. The molecule has 0 aliphatic heterocycles. The number of imidazole rings is 1. The summed E-state index contributed by atoms with van der Waals surface area (Å²) in [4.78, 5) is 4.05. The van der Waals surface area contributed by atoms with Gasteiger partial charge in [0.2, 0.25) is 5.95 Å². The number of anilines is 1. The summed E-state index contributed by atoms with van der Waals surface area (Å²) in [5.74, 6) is 0.371. The van der Waals surface area contributed by atoms with Crippen LogP contribution >= 0.6 is 34.2 Å². The van der Waals surface area contributed by atoms with Crippen molar-refractivity contribution in [3.63, 3.8) is 0 Å². The van der Waals surface area contributed by atoms with Gasteiger partial charge in [-0.05, 0) is 47.2 Å². The van der Waals surface area contributed by atoms with E-state index in [1.807, 2.05) is 25.1 Å². The molecule has 0 aliphatic rings. The molecule has 0 spiro atoms. The van der Waals surface area contributed by atoms with E-state index in [0.29, 0.717) is 11.0 Å². The van der Waals surface area contributed by atoms with E-state index in [4.69, 9.17) is 17.3 Å². The number of aryl methyl sites for hydroxylation is 1. The van der Waals surface area contributed by atoms with Crippen LogP contribution in [0.2, 0.25) is 5.02 Å². The molecule has 0 fully saturated rings. The number of nitrogen functional groups attached to an aromatic ring is 1. The molecule has 0 saturated carbocycles. The average Bonchev–Trinajstić information content (AvgIpc) is 2.59. The Morgan fingerprint density at radius 1 is 1.53 bits per heavy atom. The summed E-state index contributed by atoms with van der Waals surface area (Å²) in [5.41, 5.74) is 7.42. The average molecular weight is 361 g/mol. The predicted molar refractivity (Wildman–Crippen MR) is 78.5 cm³/mol.